The fourth-order valence-electron chi connectivity index (χ4n) is 1.49. The van der Waals surface area contributed by atoms with E-state index in [0.29, 0.717) is 12.3 Å². The van der Waals surface area contributed by atoms with Crippen molar-refractivity contribution in [2.75, 3.05) is 11.9 Å². The molecule has 0 amide bonds. The molecule has 1 atom stereocenters. The van der Waals surface area contributed by atoms with Gasteiger partial charge in [0.25, 0.3) is 0 Å². The first-order chi connectivity index (χ1) is 8.41. The van der Waals surface area contributed by atoms with E-state index < -0.39 is 11.0 Å². The summed E-state index contributed by atoms with van der Waals surface area (Å²) in [4.78, 5) is 17.4. The van der Waals surface area contributed by atoms with Crippen molar-refractivity contribution < 1.29 is 10.0 Å². The Bertz CT molecular complexity index is 428. The number of nitrogens with zero attached hydrogens (tertiary/aromatic N) is 3. The largest absolute Gasteiger partial charge is 0.391 e. The fraction of sp³-hybridized carbons (Fsp3) is 0.600. The number of aliphatic hydroxyl groups excluding tert-OH is 1. The van der Waals surface area contributed by atoms with E-state index in [-0.39, 0.29) is 23.2 Å². The maximum Gasteiger partial charge on any atom is 0.348 e. The maximum absolute atomic E-state index is 10.8. The van der Waals surface area contributed by atoms with Crippen LogP contribution in [-0.4, -0.2) is 32.6 Å². The van der Waals surface area contributed by atoms with E-state index in [1.165, 1.54) is 0 Å². The summed E-state index contributed by atoms with van der Waals surface area (Å²) in [6.07, 6.45) is 1.13. The Labute approximate surface area is 109 Å². The first-order valence-electron chi connectivity index (χ1n) is 5.48. The number of aliphatic hydroxyl groups is 1. The predicted octanol–water partition coefficient (Wildman–Crippen LogP) is 1.86. The summed E-state index contributed by atoms with van der Waals surface area (Å²) < 4.78 is 0. The third-order valence-electron chi connectivity index (χ3n) is 2.21. The van der Waals surface area contributed by atoms with E-state index >= 15 is 0 Å². The molecule has 0 spiro atoms. The van der Waals surface area contributed by atoms with Crippen LogP contribution in [0.3, 0.4) is 0 Å². The maximum atomic E-state index is 10.8. The predicted molar refractivity (Wildman–Crippen MR) is 67.6 cm³/mol. The van der Waals surface area contributed by atoms with Gasteiger partial charge in [-0.2, -0.15) is 0 Å². The number of hydrogen-bond donors (Lipinski definition) is 2. The second kappa shape index (κ2) is 6.46. The Balaban J connectivity index is 2.73. The number of nitro groups is 1. The summed E-state index contributed by atoms with van der Waals surface area (Å²) in [6.45, 7) is 4.13. The van der Waals surface area contributed by atoms with Crippen molar-refractivity contribution in [2.24, 2.45) is 5.92 Å². The van der Waals surface area contributed by atoms with Crippen LogP contribution < -0.4 is 5.32 Å². The van der Waals surface area contributed by atoms with Crippen LogP contribution in [0.15, 0.2) is 6.33 Å². The van der Waals surface area contributed by atoms with E-state index in [1.54, 1.807) is 0 Å². The molecule has 1 heterocycles. The minimum absolute atomic E-state index is 0.0165. The van der Waals surface area contributed by atoms with Crippen molar-refractivity contribution in [2.45, 2.75) is 26.4 Å². The highest BCUT2D eigenvalue weighted by molar-refractivity contribution is 6.31. The monoisotopic (exact) mass is 274 g/mol. The molecule has 0 aliphatic carbocycles. The van der Waals surface area contributed by atoms with Gasteiger partial charge >= 0.3 is 5.69 Å². The Morgan fingerprint density at radius 1 is 1.56 bits per heavy atom. The van der Waals surface area contributed by atoms with Gasteiger partial charge in [0, 0.05) is 6.54 Å². The van der Waals surface area contributed by atoms with Crippen LogP contribution in [0.25, 0.3) is 0 Å². The molecule has 0 aliphatic rings. The molecule has 100 valence electrons. The summed E-state index contributed by atoms with van der Waals surface area (Å²) >= 11 is 5.63. The summed E-state index contributed by atoms with van der Waals surface area (Å²) in [6, 6.07) is 0. The SMILES string of the molecule is CC(C)CC(O)CNc1ncnc(Cl)c1[N+](=O)[O-]. The van der Waals surface area contributed by atoms with Crippen molar-refractivity contribution in [3.63, 3.8) is 0 Å². The summed E-state index contributed by atoms with van der Waals surface area (Å²) in [5, 5.41) is 23.0. The molecule has 1 aromatic heterocycles. The molecule has 0 saturated heterocycles. The summed E-state index contributed by atoms with van der Waals surface area (Å²) in [7, 11) is 0. The molecule has 0 bridgehead atoms. The average molecular weight is 275 g/mol. The van der Waals surface area contributed by atoms with Gasteiger partial charge in [0.15, 0.2) is 0 Å². The van der Waals surface area contributed by atoms with Crippen molar-refractivity contribution in [1.82, 2.24) is 9.97 Å². The average Bonchev–Trinajstić information content (AvgIpc) is 2.24. The molecule has 18 heavy (non-hydrogen) atoms. The molecular weight excluding hydrogens is 260 g/mol. The molecule has 1 aromatic rings. The zero-order valence-electron chi connectivity index (χ0n) is 10.1. The molecule has 0 radical (unpaired) electrons. The highest BCUT2D eigenvalue weighted by Crippen LogP contribution is 2.28. The van der Waals surface area contributed by atoms with Crippen LogP contribution in [0.2, 0.25) is 5.15 Å². The highest BCUT2D eigenvalue weighted by atomic mass is 35.5. The normalized spacial score (nSPS) is 12.5. The molecule has 1 unspecified atom stereocenters. The van der Waals surface area contributed by atoms with Crippen LogP contribution in [0, 0.1) is 16.0 Å². The van der Waals surface area contributed by atoms with Crippen molar-refractivity contribution in [1.29, 1.82) is 0 Å². The number of halogens is 1. The van der Waals surface area contributed by atoms with Crippen molar-refractivity contribution in [3.05, 3.63) is 21.6 Å². The van der Waals surface area contributed by atoms with E-state index in [4.69, 9.17) is 11.6 Å². The minimum atomic E-state index is -0.653. The van der Waals surface area contributed by atoms with Gasteiger partial charge in [-0.1, -0.05) is 25.4 Å². The number of rotatable bonds is 6. The molecule has 0 aromatic carbocycles. The fourth-order valence-corrected chi connectivity index (χ4v) is 1.69. The quantitative estimate of drug-likeness (QED) is 0.466. The lowest BCUT2D eigenvalue weighted by atomic mass is 10.1. The minimum Gasteiger partial charge on any atom is -0.391 e. The van der Waals surface area contributed by atoms with Gasteiger partial charge in [0.2, 0.25) is 11.0 Å². The van der Waals surface area contributed by atoms with Crippen LogP contribution in [0.4, 0.5) is 11.5 Å². The first kappa shape index (κ1) is 14.6. The Morgan fingerprint density at radius 2 is 2.22 bits per heavy atom. The third kappa shape index (κ3) is 4.08. The smallest absolute Gasteiger partial charge is 0.348 e. The number of aromatic nitrogens is 2. The number of anilines is 1. The highest BCUT2D eigenvalue weighted by Gasteiger charge is 2.21. The van der Waals surface area contributed by atoms with Crippen LogP contribution in [0.1, 0.15) is 20.3 Å². The summed E-state index contributed by atoms with van der Waals surface area (Å²) in [5.41, 5.74) is -0.379. The van der Waals surface area contributed by atoms with Crippen molar-refractivity contribution >= 4 is 23.1 Å². The topological polar surface area (TPSA) is 101 Å². The zero-order chi connectivity index (χ0) is 13.7. The second-order valence-electron chi connectivity index (χ2n) is 4.28. The first-order valence-corrected chi connectivity index (χ1v) is 5.86. The van der Waals surface area contributed by atoms with Gasteiger partial charge in [-0.3, -0.25) is 10.1 Å². The molecule has 8 heteroatoms. The molecule has 2 N–H and O–H groups in total. The molecule has 7 nitrogen and oxygen atoms in total. The van der Waals surface area contributed by atoms with Gasteiger partial charge < -0.3 is 10.4 Å². The summed E-state index contributed by atoms with van der Waals surface area (Å²) in [5.74, 6) is 0.355. The number of hydrogen-bond acceptors (Lipinski definition) is 6. The van der Waals surface area contributed by atoms with Gasteiger partial charge in [-0.15, -0.1) is 0 Å². The van der Waals surface area contributed by atoms with Crippen LogP contribution in [-0.2, 0) is 0 Å². The standard InChI is InChI=1S/C10H15ClN4O3/c1-6(2)3-7(16)4-12-10-8(15(17)18)9(11)13-5-14-10/h5-7,16H,3-4H2,1-2H3,(H,12,13,14). The van der Waals surface area contributed by atoms with Gasteiger partial charge in [0.05, 0.1) is 11.0 Å². The molecular formula is C10H15ClN4O3. The lowest BCUT2D eigenvalue weighted by Gasteiger charge is -2.14. The van der Waals surface area contributed by atoms with E-state index in [1.807, 2.05) is 13.8 Å². The Morgan fingerprint density at radius 3 is 2.78 bits per heavy atom. The third-order valence-corrected chi connectivity index (χ3v) is 2.49. The lowest BCUT2D eigenvalue weighted by Crippen LogP contribution is -2.22. The molecule has 0 aliphatic heterocycles. The molecule has 1 rings (SSSR count). The van der Waals surface area contributed by atoms with Crippen LogP contribution in [0.5, 0.6) is 0 Å². The lowest BCUT2D eigenvalue weighted by molar-refractivity contribution is -0.384. The van der Waals surface area contributed by atoms with Gasteiger partial charge in [-0.25, -0.2) is 9.97 Å². The zero-order valence-corrected chi connectivity index (χ0v) is 10.9. The molecule has 0 fully saturated rings. The Kier molecular flexibility index (Phi) is 5.24. The number of nitrogens with one attached hydrogen (secondary N) is 1. The Hall–Kier alpha value is -1.47. The van der Waals surface area contributed by atoms with Crippen LogP contribution >= 0.6 is 11.6 Å². The second-order valence-corrected chi connectivity index (χ2v) is 4.64. The van der Waals surface area contributed by atoms with E-state index in [2.05, 4.69) is 15.3 Å². The van der Waals surface area contributed by atoms with Gasteiger partial charge in [-0.05, 0) is 12.3 Å². The molecule has 0 saturated carbocycles. The van der Waals surface area contributed by atoms with E-state index in [0.717, 1.165) is 6.33 Å². The van der Waals surface area contributed by atoms with Crippen molar-refractivity contribution in [3.8, 4) is 0 Å². The van der Waals surface area contributed by atoms with Gasteiger partial charge in [0.1, 0.15) is 6.33 Å². The van der Waals surface area contributed by atoms with E-state index in [9.17, 15) is 15.2 Å².